The zero-order valence-corrected chi connectivity index (χ0v) is 43.3. The quantitative estimate of drug-likeness (QED) is 0.0199. The summed E-state index contributed by atoms with van der Waals surface area (Å²) < 4.78 is 16.7. The van der Waals surface area contributed by atoms with E-state index in [2.05, 4.69) is 148 Å². The molecule has 0 radical (unpaired) electrons. The van der Waals surface area contributed by atoms with Crippen molar-refractivity contribution in [3.05, 3.63) is 146 Å². The molecule has 0 aromatic carbocycles. The van der Waals surface area contributed by atoms with E-state index in [0.717, 1.165) is 96.3 Å². The van der Waals surface area contributed by atoms with E-state index in [1.807, 2.05) is 18.2 Å². The fourth-order valence-corrected chi connectivity index (χ4v) is 6.65. The van der Waals surface area contributed by atoms with E-state index in [0.29, 0.717) is 12.8 Å². The third-order valence-electron chi connectivity index (χ3n) is 10.7. The highest BCUT2D eigenvalue weighted by Gasteiger charge is 2.19. The maximum atomic E-state index is 12.8. The first kappa shape index (κ1) is 63.3. The van der Waals surface area contributed by atoms with Crippen LogP contribution < -0.4 is 0 Å². The number of allylic oxidation sites excluding steroid dienone is 24. The van der Waals surface area contributed by atoms with Crippen LogP contribution in [-0.2, 0) is 28.6 Å². The molecule has 6 heteroatoms. The van der Waals surface area contributed by atoms with Gasteiger partial charge in [0.2, 0.25) is 0 Å². The molecular weight excluding hydrogens is 841 g/mol. The van der Waals surface area contributed by atoms with Gasteiger partial charge in [0.15, 0.2) is 6.10 Å². The second-order valence-corrected chi connectivity index (χ2v) is 17.1. The molecule has 0 bridgehead atoms. The van der Waals surface area contributed by atoms with Gasteiger partial charge in [0.05, 0.1) is 0 Å². The molecular formula is C62H96O6. The smallest absolute Gasteiger partial charge is 0.306 e. The van der Waals surface area contributed by atoms with Gasteiger partial charge in [-0.1, -0.05) is 231 Å². The van der Waals surface area contributed by atoms with Gasteiger partial charge >= 0.3 is 17.9 Å². The fraction of sp³-hybridized carbons (Fsp3) is 0.565. The largest absolute Gasteiger partial charge is 0.462 e. The predicted octanol–water partition coefficient (Wildman–Crippen LogP) is 18.0. The Bertz CT molecular complexity index is 1540. The number of unbranched alkanes of at least 4 members (excludes halogenated alkanes) is 14. The molecule has 0 saturated heterocycles. The summed E-state index contributed by atoms with van der Waals surface area (Å²) in [6, 6.07) is 0. The Labute approximate surface area is 417 Å². The summed E-state index contributed by atoms with van der Waals surface area (Å²) >= 11 is 0. The molecule has 0 aliphatic heterocycles. The Morgan fingerprint density at radius 2 is 0.662 bits per heavy atom. The van der Waals surface area contributed by atoms with Crippen LogP contribution in [0.25, 0.3) is 0 Å². The van der Waals surface area contributed by atoms with Crippen molar-refractivity contribution in [2.24, 2.45) is 0 Å². The minimum absolute atomic E-state index is 0.148. The van der Waals surface area contributed by atoms with E-state index in [4.69, 9.17) is 14.2 Å². The van der Waals surface area contributed by atoms with Crippen LogP contribution in [0.3, 0.4) is 0 Å². The summed E-state index contributed by atoms with van der Waals surface area (Å²) in [5.74, 6) is -1.13. The van der Waals surface area contributed by atoms with Crippen LogP contribution in [0.15, 0.2) is 146 Å². The molecule has 0 rings (SSSR count). The molecule has 0 aromatic rings. The molecule has 0 spiro atoms. The molecule has 1 unspecified atom stereocenters. The van der Waals surface area contributed by atoms with E-state index in [9.17, 15) is 14.4 Å². The van der Waals surface area contributed by atoms with Gasteiger partial charge in [0, 0.05) is 19.3 Å². The monoisotopic (exact) mass is 937 g/mol. The van der Waals surface area contributed by atoms with Gasteiger partial charge in [-0.05, 0) is 103 Å². The van der Waals surface area contributed by atoms with Crippen LogP contribution in [-0.4, -0.2) is 37.2 Å². The maximum Gasteiger partial charge on any atom is 0.306 e. The number of ether oxygens (including phenoxy) is 3. The Morgan fingerprint density at radius 3 is 1.12 bits per heavy atom. The van der Waals surface area contributed by atoms with Crippen molar-refractivity contribution in [1.29, 1.82) is 0 Å². The van der Waals surface area contributed by atoms with Gasteiger partial charge in [-0.3, -0.25) is 14.4 Å². The third-order valence-corrected chi connectivity index (χ3v) is 10.7. The minimum atomic E-state index is -0.850. The van der Waals surface area contributed by atoms with Gasteiger partial charge in [-0.25, -0.2) is 0 Å². The molecule has 0 N–H and O–H groups in total. The number of rotatable bonds is 46. The standard InChI is InChI=1S/C62H96O6/c1-4-7-10-13-16-19-22-25-27-29-31-33-34-37-40-43-46-49-52-55-61(64)67-58-59(57-66-60(63)54-51-48-45-42-39-36-24-21-18-15-12-9-6-3)68-62(65)56-53-50-47-44-41-38-35-32-30-28-26-23-20-17-14-11-8-5-2/h7,10,16-17,19-20,23,25-28,30-33,35-37,39-40,45-46,48-49,59H,4-6,8-9,11-15,18,21-22,24,29,34,38,41-44,47,50-58H2,1-3H3/b10-7-,19-16-,20-17-,26-23-,27-25-,30-28-,33-31-,35-32-,39-36-,40-37-,48-45-,49-46-. The predicted molar refractivity (Wildman–Crippen MR) is 292 cm³/mol. The number of carbonyl (C=O) groups excluding carboxylic acids is 3. The number of hydrogen-bond donors (Lipinski definition) is 0. The summed E-state index contributed by atoms with van der Waals surface area (Å²) in [4.78, 5) is 38.0. The Balaban J connectivity index is 4.64. The van der Waals surface area contributed by atoms with Gasteiger partial charge in [-0.2, -0.15) is 0 Å². The van der Waals surface area contributed by atoms with Crippen LogP contribution in [0, 0.1) is 0 Å². The van der Waals surface area contributed by atoms with E-state index in [1.54, 1.807) is 0 Å². The fourth-order valence-electron chi connectivity index (χ4n) is 6.65. The highest BCUT2D eigenvalue weighted by atomic mass is 16.6. The maximum absolute atomic E-state index is 12.8. The topological polar surface area (TPSA) is 78.9 Å². The van der Waals surface area contributed by atoms with Gasteiger partial charge in [-0.15, -0.1) is 0 Å². The first-order chi connectivity index (χ1) is 33.5. The normalized spacial score (nSPS) is 13.3. The third kappa shape index (κ3) is 52.3. The highest BCUT2D eigenvalue weighted by Crippen LogP contribution is 2.11. The lowest BCUT2D eigenvalue weighted by Gasteiger charge is -2.18. The molecule has 0 heterocycles. The number of esters is 3. The zero-order chi connectivity index (χ0) is 49.3. The van der Waals surface area contributed by atoms with Crippen molar-refractivity contribution in [2.45, 2.75) is 213 Å². The molecule has 0 fully saturated rings. The number of hydrogen-bond acceptors (Lipinski definition) is 6. The SMILES string of the molecule is CC/C=C\C/C=C\C/C=C\C/C=C\C/C=C\C/C=C\CCC(=O)OCC(COC(=O)CC/C=C\C/C=C\CCCCCCCC)OC(=O)CCCCCCC\C=C/C=C\C=C/C=C\CCCCC. The van der Waals surface area contributed by atoms with Crippen LogP contribution in [0.2, 0.25) is 0 Å². The Morgan fingerprint density at radius 1 is 0.324 bits per heavy atom. The molecule has 68 heavy (non-hydrogen) atoms. The minimum Gasteiger partial charge on any atom is -0.462 e. The van der Waals surface area contributed by atoms with Crippen LogP contribution >= 0.6 is 0 Å². The van der Waals surface area contributed by atoms with Crippen molar-refractivity contribution in [2.75, 3.05) is 13.2 Å². The summed E-state index contributed by atoms with van der Waals surface area (Å²) in [5.41, 5.74) is 0. The van der Waals surface area contributed by atoms with Gasteiger partial charge in [0.25, 0.3) is 0 Å². The average Bonchev–Trinajstić information content (AvgIpc) is 3.34. The Hall–Kier alpha value is -4.71. The van der Waals surface area contributed by atoms with E-state index >= 15 is 0 Å². The molecule has 0 aliphatic rings. The Kier molecular flexibility index (Phi) is 51.1. The average molecular weight is 937 g/mol. The van der Waals surface area contributed by atoms with Crippen molar-refractivity contribution in [3.63, 3.8) is 0 Å². The van der Waals surface area contributed by atoms with Crippen molar-refractivity contribution >= 4 is 17.9 Å². The number of carbonyl (C=O) groups is 3. The lowest BCUT2D eigenvalue weighted by Crippen LogP contribution is -2.30. The second-order valence-electron chi connectivity index (χ2n) is 17.1. The van der Waals surface area contributed by atoms with Crippen LogP contribution in [0.1, 0.15) is 207 Å². The molecule has 380 valence electrons. The second kappa shape index (κ2) is 54.9. The molecule has 0 aliphatic carbocycles. The van der Waals surface area contributed by atoms with E-state index < -0.39 is 6.10 Å². The van der Waals surface area contributed by atoms with Crippen LogP contribution in [0.5, 0.6) is 0 Å². The summed E-state index contributed by atoms with van der Waals surface area (Å²) in [6.45, 7) is 6.32. The molecule has 0 aromatic heterocycles. The van der Waals surface area contributed by atoms with Crippen molar-refractivity contribution < 1.29 is 28.6 Å². The van der Waals surface area contributed by atoms with Crippen molar-refractivity contribution in [3.8, 4) is 0 Å². The lowest BCUT2D eigenvalue weighted by molar-refractivity contribution is -0.166. The van der Waals surface area contributed by atoms with Crippen LogP contribution in [0.4, 0.5) is 0 Å². The van der Waals surface area contributed by atoms with Crippen molar-refractivity contribution in [1.82, 2.24) is 0 Å². The van der Waals surface area contributed by atoms with E-state index in [-0.39, 0.29) is 50.4 Å². The lowest BCUT2D eigenvalue weighted by atomic mass is 10.1. The highest BCUT2D eigenvalue weighted by molar-refractivity contribution is 5.71. The molecule has 0 saturated carbocycles. The van der Waals surface area contributed by atoms with Gasteiger partial charge < -0.3 is 14.2 Å². The molecule has 6 nitrogen and oxygen atoms in total. The van der Waals surface area contributed by atoms with Gasteiger partial charge in [0.1, 0.15) is 13.2 Å². The van der Waals surface area contributed by atoms with E-state index in [1.165, 1.54) is 57.8 Å². The summed E-state index contributed by atoms with van der Waals surface area (Å²) in [7, 11) is 0. The first-order valence-electron chi connectivity index (χ1n) is 26.9. The molecule has 1 atom stereocenters. The summed E-state index contributed by atoms with van der Waals surface area (Å²) in [5, 5.41) is 0. The first-order valence-corrected chi connectivity index (χ1v) is 26.9. The zero-order valence-electron chi connectivity index (χ0n) is 43.3. The summed E-state index contributed by atoms with van der Waals surface area (Å²) in [6.07, 6.45) is 78.5. The molecule has 0 amide bonds.